The van der Waals surface area contributed by atoms with Gasteiger partial charge in [0, 0.05) is 19.3 Å². The Labute approximate surface area is 108 Å². The van der Waals surface area contributed by atoms with Crippen LogP contribution in [0.4, 0.5) is 0 Å². The van der Waals surface area contributed by atoms with Crippen LogP contribution >= 0.6 is 0 Å². The molecule has 1 heterocycles. The van der Waals surface area contributed by atoms with Crippen molar-refractivity contribution in [1.29, 1.82) is 0 Å². The van der Waals surface area contributed by atoms with Crippen molar-refractivity contribution in [1.82, 2.24) is 14.9 Å². The lowest BCUT2D eigenvalue weighted by atomic mass is 10.2. The molecule has 4 heteroatoms. The molecular formula is C14H19N3O. The molecule has 0 aliphatic heterocycles. The van der Waals surface area contributed by atoms with Gasteiger partial charge in [-0.2, -0.15) is 0 Å². The van der Waals surface area contributed by atoms with E-state index in [1.165, 1.54) is 11.3 Å². The highest BCUT2D eigenvalue weighted by molar-refractivity contribution is 5.28. The van der Waals surface area contributed by atoms with Crippen LogP contribution in [0.15, 0.2) is 36.8 Å². The molecule has 96 valence electrons. The Morgan fingerprint density at radius 3 is 3.06 bits per heavy atom. The van der Waals surface area contributed by atoms with Crippen molar-refractivity contribution in [3.63, 3.8) is 0 Å². The summed E-state index contributed by atoms with van der Waals surface area (Å²) in [5, 5.41) is 3.31. The lowest BCUT2D eigenvalue weighted by Crippen LogP contribution is -2.15. The average molecular weight is 245 g/mol. The Morgan fingerprint density at radius 2 is 2.28 bits per heavy atom. The van der Waals surface area contributed by atoms with E-state index in [1.807, 2.05) is 24.7 Å². The first-order valence-corrected chi connectivity index (χ1v) is 6.16. The van der Waals surface area contributed by atoms with E-state index in [0.717, 1.165) is 25.4 Å². The molecule has 0 aliphatic carbocycles. The molecule has 0 unspecified atom stereocenters. The van der Waals surface area contributed by atoms with Gasteiger partial charge in [-0.05, 0) is 24.2 Å². The van der Waals surface area contributed by atoms with Crippen LogP contribution < -0.4 is 10.1 Å². The molecule has 18 heavy (non-hydrogen) atoms. The lowest BCUT2D eigenvalue weighted by molar-refractivity contribution is 0.414. The maximum Gasteiger partial charge on any atom is 0.119 e. The van der Waals surface area contributed by atoms with Gasteiger partial charge in [0.25, 0.3) is 0 Å². The minimum atomic E-state index is 0.817. The van der Waals surface area contributed by atoms with E-state index in [9.17, 15) is 0 Å². The summed E-state index contributed by atoms with van der Waals surface area (Å²) in [4.78, 5) is 4.21. The van der Waals surface area contributed by atoms with Crippen LogP contribution in [0.5, 0.6) is 5.75 Å². The molecule has 0 radical (unpaired) electrons. The smallest absolute Gasteiger partial charge is 0.119 e. The second-order valence-electron chi connectivity index (χ2n) is 4.14. The molecule has 2 rings (SSSR count). The molecule has 1 N–H and O–H groups in total. The van der Waals surface area contributed by atoms with E-state index in [2.05, 4.69) is 33.9 Å². The van der Waals surface area contributed by atoms with Gasteiger partial charge in [0.05, 0.1) is 19.1 Å². The fourth-order valence-electron chi connectivity index (χ4n) is 1.86. The van der Waals surface area contributed by atoms with Crippen LogP contribution in [0.25, 0.3) is 0 Å². The van der Waals surface area contributed by atoms with Gasteiger partial charge < -0.3 is 14.6 Å². The van der Waals surface area contributed by atoms with Crippen molar-refractivity contribution < 1.29 is 4.74 Å². The molecule has 1 aromatic carbocycles. The number of imidazole rings is 1. The van der Waals surface area contributed by atoms with Crippen LogP contribution in [0.2, 0.25) is 0 Å². The minimum Gasteiger partial charge on any atom is -0.497 e. The van der Waals surface area contributed by atoms with Gasteiger partial charge in [-0.15, -0.1) is 0 Å². The summed E-state index contributed by atoms with van der Waals surface area (Å²) in [6.07, 6.45) is 3.77. The minimum absolute atomic E-state index is 0.817. The van der Waals surface area contributed by atoms with Gasteiger partial charge in [-0.3, -0.25) is 0 Å². The standard InChI is InChI=1S/C14H19N3O/c1-3-15-8-13-9-16-11-17(13)10-12-5-4-6-14(7-12)18-2/h4-7,9,11,15H,3,8,10H2,1-2H3. The molecule has 0 atom stereocenters. The molecule has 2 aromatic rings. The zero-order valence-corrected chi connectivity index (χ0v) is 10.9. The highest BCUT2D eigenvalue weighted by atomic mass is 16.5. The number of ether oxygens (including phenoxy) is 1. The summed E-state index contributed by atoms with van der Waals surface area (Å²) in [6, 6.07) is 8.11. The van der Waals surface area contributed by atoms with Crippen molar-refractivity contribution in [2.75, 3.05) is 13.7 Å². The van der Waals surface area contributed by atoms with Crippen molar-refractivity contribution in [2.45, 2.75) is 20.0 Å². The van der Waals surface area contributed by atoms with Gasteiger partial charge in [-0.25, -0.2) is 4.98 Å². The molecule has 0 spiro atoms. The Balaban J connectivity index is 2.10. The zero-order valence-electron chi connectivity index (χ0n) is 10.9. The molecule has 0 fully saturated rings. The molecule has 0 aliphatic rings. The number of nitrogens with zero attached hydrogens (tertiary/aromatic N) is 2. The monoisotopic (exact) mass is 245 g/mol. The largest absolute Gasteiger partial charge is 0.497 e. The SMILES string of the molecule is CCNCc1cncn1Cc1cccc(OC)c1. The van der Waals surface area contributed by atoms with Crippen molar-refractivity contribution in [2.24, 2.45) is 0 Å². The van der Waals surface area contributed by atoms with E-state index in [1.54, 1.807) is 7.11 Å². The third kappa shape index (κ3) is 3.11. The number of hydrogen-bond donors (Lipinski definition) is 1. The third-order valence-electron chi connectivity index (χ3n) is 2.84. The Morgan fingerprint density at radius 1 is 1.39 bits per heavy atom. The number of hydrogen-bond acceptors (Lipinski definition) is 3. The summed E-state index contributed by atoms with van der Waals surface area (Å²) in [6.45, 7) is 4.73. The third-order valence-corrected chi connectivity index (χ3v) is 2.84. The number of rotatable bonds is 6. The van der Waals surface area contributed by atoms with Crippen LogP contribution in [-0.4, -0.2) is 23.2 Å². The van der Waals surface area contributed by atoms with Crippen molar-refractivity contribution in [3.8, 4) is 5.75 Å². The first-order valence-electron chi connectivity index (χ1n) is 6.16. The van der Waals surface area contributed by atoms with Crippen LogP contribution in [0.1, 0.15) is 18.2 Å². The summed E-state index contributed by atoms with van der Waals surface area (Å²) in [7, 11) is 1.69. The van der Waals surface area contributed by atoms with E-state index >= 15 is 0 Å². The second kappa shape index (κ2) is 6.21. The number of nitrogens with one attached hydrogen (secondary N) is 1. The van der Waals surface area contributed by atoms with Crippen molar-refractivity contribution in [3.05, 3.63) is 48.0 Å². The normalized spacial score (nSPS) is 10.6. The Kier molecular flexibility index (Phi) is 4.36. The van der Waals surface area contributed by atoms with Gasteiger partial charge in [0.2, 0.25) is 0 Å². The van der Waals surface area contributed by atoms with Crippen LogP contribution in [-0.2, 0) is 13.1 Å². The molecule has 1 aromatic heterocycles. The second-order valence-corrected chi connectivity index (χ2v) is 4.14. The molecule has 0 bridgehead atoms. The molecule has 0 saturated carbocycles. The van der Waals surface area contributed by atoms with Gasteiger partial charge in [0.15, 0.2) is 0 Å². The van der Waals surface area contributed by atoms with Crippen LogP contribution in [0.3, 0.4) is 0 Å². The summed E-state index contributed by atoms with van der Waals surface area (Å²) in [5.41, 5.74) is 2.41. The van der Waals surface area contributed by atoms with Gasteiger partial charge in [-0.1, -0.05) is 19.1 Å². The average Bonchev–Trinajstić information content (AvgIpc) is 2.84. The Hall–Kier alpha value is -1.81. The topological polar surface area (TPSA) is 39.1 Å². The first kappa shape index (κ1) is 12.6. The number of methoxy groups -OCH3 is 1. The first-order chi connectivity index (χ1) is 8.83. The van der Waals surface area contributed by atoms with E-state index in [0.29, 0.717) is 0 Å². The van der Waals surface area contributed by atoms with E-state index in [-0.39, 0.29) is 0 Å². The summed E-state index contributed by atoms with van der Waals surface area (Å²) in [5.74, 6) is 0.890. The van der Waals surface area contributed by atoms with E-state index in [4.69, 9.17) is 4.74 Å². The fourth-order valence-corrected chi connectivity index (χ4v) is 1.86. The fraction of sp³-hybridized carbons (Fsp3) is 0.357. The van der Waals surface area contributed by atoms with Crippen molar-refractivity contribution >= 4 is 0 Å². The molecule has 4 nitrogen and oxygen atoms in total. The zero-order chi connectivity index (χ0) is 12.8. The highest BCUT2D eigenvalue weighted by Crippen LogP contribution is 2.14. The lowest BCUT2D eigenvalue weighted by Gasteiger charge is -2.09. The molecular weight excluding hydrogens is 226 g/mol. The number of benzene rings is 1. The Bertz CT molecular complexity index is 493. The quantitative estimate of drug-likeness (QED) is 0.846. The molecule has 0 saturated heterocycles. The van der Waals surface area contributed by atoms with Gasteiger partial charge >= 0.3 is 0 Å². The number of aromatic nitrogens is 2. The summed E-state index contributed by atoms with van der Waals surface area (Å²) >= 11 is 0. The van der Waals surface area contributed by atoms with Crippen LogP contribution in [0, 0.1) is 0 Å². The van der Waals surface area contributed by atoms with E-state index < -0.39 is 0 Å². The maximum absolute atomic E-state index is 5.23. The summed E-state index contributed by atoms with van der Waals surface area (Å²) < 4.78 is 7.38. The molecule has 0 amide bonds. The maximum atomic E-state index is 5.23. The van der Waals surface area contributed by atoms with Gasteiger partial charge in [0.1, 0.15) is 5.75 Å². The highest BCUT2D eigenvalue weighted by Gasteiger charge is 2.03. The predicted octanol–water partition coefficient (Wildman–Crippen LogP) is 2.05. The predicted molar refractivity (Wildman–Crippen MR) is 71.7 cm³/mol.